The minimum atomic E-state index is -0.206. The van der Waals surface area contributed by atoms with Crippen molar-refractivity contribution in [2.45, 2.75) is 46.6 Å². The Morgan fingerprint density at radius 2 is 2.00 bits per heavy atom. The normalized spacial score (nSPS) is 13.7. The fourth-order valence-electron chi connectivity index (χ4n) is 2.03. The van der Waals surface area contributed by atoms with Gasteiger partial charge in [0.1, 0.15) is 5.82 Å². The fourth-order valence-corrected chi connectivity index (χ4v) is 2.43. The monoisotopic (exact) mass is 315 g/mol. The molecule has 0 amide bonds. The Kier molecular flexibility index (Phi) is 5.80. The molecule has 0 fully saturated rings. The van der Waals surface area contributed by atoms with E-state index >= 15 is 0 Å². The zero-order valence-electron chi connectivity index (χ0n) is 11.7. The number of rotatable bonds is 6. The highest BCUT2D eigenvalue weighted by atomic mass is 79.9. The molecule has 1 unspecified atom stereocenters. The van der Waals surface area contributed by atoms with E-state index in [-0.39, 0.29) is 17.3 Å². The lowest BCUT2D eigenvalue weighted by Crippen LogP contribution is -2.34. The lowest BCUT2D eigenvalue weighted by Gasteiger charge is -2.35. The minimum Gasteiger partial charge on any atom is -0.309 e. The lowest BCUT2D eigenvalue weighted by atomic mass is 9.78. The van der Waals surface area contributed by atoms with Gasteiger partial charge in [-0.2, -0.15) is 0 Å². The molecule has 0 saturated carbocycles. The Morgan fingerprint density at radius 1 is 1.33 bits per heavy atom. The van der Waals surface area contributed by atoms with Crippen molar-refractivity contribution in [3.8, 4) is 0 Å². The van der Waals surface area contributed by atoms with E-state index in [0.29, 0.717) is 4.47 Å². The van der Waals surface area contributed by atoms with Gasteiger partial charge >= 0.3 is 0 Å². The van der Waals surface area contributed by atoms with Crippen LogP contribution in [0.4, 0.5) is 4.39 Å². The summed E-state index contributed by atoms with van der Waals surface area (Å²) in [6, 6.07) is 5.55. The highest BCUT2D eigenvalue weighted by molar-refractivity contribution is 9.10. The lowest BCUT2D eigenvalue weighted by molar-refractivity contribution is 0.234. The summed E-state index contributed by atoms with van der Waals surface area (Å²) in [5.41, 5.74) is 1.29. The van der Waals surface area contributed by atoms with Crippen LogP contribution in [0.25, 0.3) is 0 Å². The van der Waals surface area contributed by atoms with Gasteiger partial charge in [0.05, 0.1) is 4.47 Å². The van der Waals surface area contributed by atoms with E-state index in [1.807, 2.05) is 12.1 Å². The van der Waals surface area contributed by atoms with Crippen LogP contribution < -0.4 is 5.32 Å². The molecule has 0 spiro atoms. The van der Waals surface area contributed by atoms with Crippen molar-refractivity contribution >= 4 is 15.9 Å². The van der Waals surface area contributed by atoms with E-state index in [9.17, 15) is 4.39 Å². The Morgan fingerprint density at radius 3 is 2.50 bits per heavy atom. The highest BCUT2D eigenvalue weighted by Crippen LogP contribution is 2.37. The smallest absolute Gasteiger partial charge is 0.137 e. The van der Waals surface area contributed by atoms with Crippen LogP contribution in [0.3, 0.4) is 0 Å². The van der Waals surface area contributed by atoms with E-state index in [4.69, 9.17) is 0 Å². The molecule has 0 bridgehead atoms. The number of benzene rings is 1. The standard InChI is InChI=1S/C15H23BrFN/c1-5-9-18-14(15(3,4)6-2)11-7-8-13(17)12(16)10-11/h7-8,10,14,18H,5-6,9H2,1-4H3. The summed E-state index contributed by atoms with van der Waals surface area (Å²) in [5.74, 6) is -0.206. The topological polar surface area (TPSA) is 12.0 Å². The molecule has 1 aromatic carbocycles. The third-order valence-corrected chi connectivity index (χ3v) is 4.18. The Hall–Kier alpha value is -0.410. The summed E-state index contributed by atoms with van der Waals surface area (Å²) < 4.78 is 13.9. The van der Waals surface area contributed by atoms with Gasteiger partial charge in [0.2, 0.25) is 0 Å². The second kappa shape index (κ2) is 6.67. The van der Waals surface area contributed by atoms with Crippen molar-refractivity contribution in [3.63, 3.8) is 0 Å². The van der Waals surface area contributed by atoms with E-state index < -0.39 is 0 Å². The molecule has 0 heterocycles. The molecule has 0 radical (unpaired) electrons. The molecule has 1 nitrogen and oxygen atoms in total. The molecule has 102 valence electrons. The number of nitrogens with one attached hydrogen (secondary N) is 1. The first-order chi connectivity index (χ1) is 8.42. The number of halogens is 2. The predicted octanol–water partition coefficient (Wildman–Crippen LogP) is 5.07. The summed E-state index contributed by atoms with van der Waals surface area (Å²) in [6.07, 6.45) is 2.17. The van der Waals surface area contributed by atoms with Crippen molar-refractivity contribution in [1.29, 1.82) is 0 Å². The zero-order valence-corrected chi connectivity index (χ0v) is 13.3. The van der Waals surface area contributed by atoms with Crippen molar-refractivity contribution in [1.82, 2.24) is 5.32 Å². The molecule has 1 rings (SSSR count). The average Bonchev–Trinajstić information content (AvgIpc) is 2.34. The quantitative estimate of drug-likeness (QED) is 0.773. The number of hydrogen-bond acceptors (Lipinski definition) is 1. The first kappa shape index (κ1) is 15.6. The molecule has 0 aliphatic heterocycles. The molecule has 1 aromatic rings. The zero-order chi connectivity index (χ0) is 13.8. The van der Waals surface area contributed by atoms with Crippen LogP contribution in [0.1, 0.15) is 52.1 Å². The molecule has 3 heteroatoms. The molecule has 1 N–H and O–H groups in total. The van der Waals surface area contributed by atoms with Gasteiger partial charge in [-0.3, -0.25) is 0 Å². The Balaban J connectivity index is 3.05. The van der Waals surface area contributed by atoms with Crippen LogP contribution in [0.2, 0.25) is 0 Å². The summed E-state index contributed by atoms with van der Waals surface area (Å²) >= 11 is 3.27. The van der Waals surface area contributed by atoms with E-state index in [0.717, 1.165) is 24.9 Å². The van der Waals surface area contributed by atoms with E-state index in [2.05, 4.69) is 48.9 Å². The van der Waals surface area contributed by atoms with E-state index in [1.54, 1.807) is 0 Å². The number of hydrogen-bond donors (Lipinski definition) is 1. The van der Waals surface area contributed by atoms with Crippen LogP contribution in [-0.4, -0.2) is 6.54 Å². The van der Waals surface area contributed by atoms with Crippen molar-refractivity contribution in [2.75, 3.05) is 6.54 Å². The van der Waals surface area contributed by atoms with Crippen LogP contribution in [-0.2, 0) is 0 Å². The van der Waals surface area contributed by atoms with Crippen LogP contribution in [0.5, 0.6) is 0 Å². The van der Waals surface area contributed by atoms with Gasteiger partial charge in [0.15, 0.2) is 0 Å². The maximum Gasteiger partial charge on any atom is 0.137 e. The molecule has 0 aromatic heterocycles. The van der Waals surface area contributed by atoms with Gasteiger partial charge in [-0.15, -0.1) is 0 Å². The van der Waals surface area contributed by atoms with Crippen LogP contribution in [0.15, 0.2) is 22.7 Å². The van der Waals surface area contributed by atoms with Crippen LogP contribution in [0, 0.1) is 11.2 Å². The van der Waals surface area contributed by atoms with Gasteiger partial charge < -0.3 is 5.32 Å². The minimum absolute atomic E-state index is 0.145. The predicted molar refractivity (Wildman–Crippen MR) is 79.2 cm³/mol. The summed E-state index contributed by atoms with van der Waals surface area (Å²) in [5, 5.41) is 3.58. The maximum atomic E-state index is 13.3. The molecule has 0 aliphatic carbocycles. The molecule has 0 saturated heterocycles. The SMILES string of the molecule is CCCNC(c1ccc(F)c(Br)c1)C(C)(C)CC. The first-order valence-electron chi connectivity index (χ1n) is 6.60. The summed E-state index contributed by atoms with van der Waals surface area (Å²) in [4.78, 5) is 0. The van der Waals surface area contributed by atoms with E-state index in [1.165, 1.54) is 6.07 Å². The summed E-state index contributed by atoms with van der Waals surface area (Å²) in [6.45, 7) is 9.82. The molecule has 0 aliphatic rings. The van der Waals surface area contributed by atoms with Crippen molar-refractivity contribution in [3.05, 3.63) is 34.1 Å². The second-order valence-corrected chi connectivity index (χ2v) is 6.26. The molecular formula is C15H23BrFN. The maximum absolute atomic E-state index is 13.3. The average molecular weight is 316 g/mol. The van der Waals surface area contributed by atoms with Gasteiger partial charge in [0, 0.05) is 6.04 Å². The van der Waals surface area contributed by atoms with Gasteiger partial charge in [-0.25, -0.2) is 4.39 Å². The van der Waals surface area contributed by atoms with Crippen molar-refractivity contribution < 1.29 is 4.39 Å². The Bertz CT molecular complexity index is 390. The third-order valence-electron chi connectivity index (χ3n) is 3.57. The molecule has 1 atom stereocenters. The second-order valence-electron chi connectivity index (χ2n) is 5.40. The largest absolute Gasteiger partial charge is 0.309 e. The summed E-state index contributed by atoms with van der Waals surface area (Å²) in [7, 11) is 0. The third kappa shape index (κ3) is 3.79. The fraction of sp³-hybridized carbons (Fsp3) is 0.600. The van der Waals surface area contributed by atoms with Crippen LogP contribution >= 0.6 is 15.9 Å². The van der Waals surface area contributed by atoms with Gasteiger partial charge in [0.25, 0.3) is 0 Å². The molecular weight excluding hydrogens is 293 g/mol. The first-order valence-corrected chi connectivity index (χ1v) is 7.40. The van der Waals surface area contributed by atoms with Gasteiger partial charge in [-0.05, 0) is 58.4 Å². The van der Waals surface area contributed by atoms with Gasteiger partial charge in [-0.1, -0.05) is 33.8 Å². The Labute approximate surface area is 118 Å². The van der Waals surface area contributed by atoms with Crippen molar-refractivity contribution in [2.24, 2.45) is 5.41 Å². The molecule has 18 heavy (non-hydrogen) atoms. The highest BCUT2D eigenvalue weighted by Gasteiger charge is 2.28.